The lowest BCUT2D eigenvalue weighted by molar-refractivity contribution is 0.0951. The zero-order valence-corrected chi connectivity index (χ0v) is 10.2. The lowest BCUT2D eigenvalue weighted by Crippen LogP contribution is -2.24. The first kappa shape index (κ1) is 12.1. The molecule has 94 valence electrons. The normalized spacial score (nSPS) is 10.3. The molecule has 3 N–H and O–H groups in total. The molecular formula is C12H14N4O2. The maximum atomic E-state index is 11.9. The highest BCUT2D eigenvalue weighted by Gasteiger charge is 2.12. The number of carbonyl (C=O) groups is 1. The highest BCUT2D eigenvalue weighted by molar-refractivity contribution is 5.98. The summed E-state index contributed by atoms with van der Waals surface area (Å²) in [5.74, 6) is 0.463. The van der Waals surface area contributed by atoms with Crippen LogP contribution in [0, 0.1) is 13.8 Å². The molecule has 1 amide bonds. The van der Waals surface area contributed by atoms with Crippen molar-refractivity contribution in [3.05, 3.63) is 41.0 Å². The Balaban J connectivity index is 2.08. The number of carbonyl (C=O) groups excluding carboxylic acids is 1. The average Bonchev–Trinajstić information content (AvgIpc) is 2.67. The van der Waals surface area contributed by atoms with Gasteiger partial charge in [0, 0.05) is 18.3 Å². The molecule has 18 heavy (non-hydrogen) atoms. The predicted octanol–water partition coefficient (Wildman–Crippen LogP) is 1.20. The molecular weight excluding hydrogens is 232 g/mol. The minimum Gasteiger partial charge on any atom is -0.397 e. The summed E-state index contributed by atoms with van der Waals surface area (Å²) in [5, 5.41) is 6.60. The standard InChI is InChI=1S/C12H14N4O2/c1-7-10(8(2)18-16-7)5-15-12(17)9-3-4-14-6-11(9)13/h3-4,6H,5,13H2,1-2H3,(H,15,17). The number of anilines is 1. The Hall–Kier alpha value is -2.37. The van der Waals surface area contributed by atoms with Gasteiger partial charge in [-0.25, -0.2) is 0 Å². The van der Waals surface area contributed by atoms with Crippen LogP contribution in [0.2, 0.25) is 0 Å². The van der Waals surface area contributed by atoms with E-state index >= 15 is 0 Å². The van der Waals surface area contributed by atoms with E-state index in [1.54, 1.807) is 6.07 Å². The minimum atomic E-state index is -0.241. The highest BCUT2D eigenvalue weighted by Crippen LogP contribution is 2.13. The van der Waals surface area contributed by atoms with Crippen LogP contribution in [0.25, 0.3) is 0 Å². The molecule has 2 heterocycles. The quantitative estimate of drug-likeness (QED) is 0.848. The molecule has 0 fully saturated rings. The molecule has 0 aliphatic rings. The molecule has 0 aromatic carbocycles. The Morgan fingerprint density at radius 2 is 2.28 bits per heavy atom. The lowest BCUT2D eigenvalue weighted by Gasteiger charge is -2.06. The van der Waals surface area contributed by atoms with Gasteiger partial charge in [0.2, 0.25) is 0 Å². The molecule has 0 aliphatic carbocycles. The van der Waals surface area contributed by atoms with Gasteiger partial charge < -0.3 is 15.6 Å². The fourth-order valence-electron chi connectivity index (χ4n) is 1.63. The van der Waals surface area contributed by atoms with Gasteiger partial charge in [0.15, 0.2) is 0 Å². The van der Waals surface area contributed by atoms with Crippen LogP contribution in [-0.4, -0.2) is 16.0 Å². The number of amides is 1. The molecule has 0 bridgehead atoms. The fourth-order valence-corrected chi connectivity index (χ4v) is 1.63. The Kier molecular flexibility index (Phi) is 3.27. The van der Waals surface area contributed by atoms with Gasteiger partial charge >= 0.3 is 0 Å². The Morgan fingerprint density at radius 1 is 1.50 bits per heavy atom. The van der Waals surface area contributed by atoms with E-state index in [4.69, 9.17) is 10.3 Å². The van der Waals surface area contributed by atoms with Crippen LogP contribution in [0.3, 0.4) is 0 Å². The van der Waals surface area contributed by atoms with Gasteiger partial charge in [-0.1, -0.05) is 5.16 Å². The summed E-state index contributed by atoms with van der Waals surface area (Å²) in [5.41, 5.74) is 8.10. The largest absolute Gasteiger partial charge is 0.397 e. The zero-order chi connectivity index (χ0) is 13.1. The van der Waals surface area contributed by atoms with Crippen LogP contribution in [0.15, 0.2) is 23.0 Å². The molecule has 0 radical (unpaired) electrons. The van der Waals surface area contributed by atoms with Crippen LogP contribution in [-0.2, 0) is 6.54 Å². The van der Waals surface area contributed by atoms with Crippen molar-refractivity contribution in [3.8, 4) is 0 Å². The SMILES string of the molecule is Cc1noc(C)c1CNC(=O)c1ccncc1N. The molecule has 2 aromatic heterocycles. The van der Waals surface area contributed by atoms with Crippen molar-refractivity contribution in [2.75, 3.05) is 5.73 Å². The number of nitrogens with zero attached hydrogens (tertiary/aromatic N) is 2. The van der Waals surface area contributed by atoms with Crippen LogP contribution >= 0.6 is 0 Å². The smallest absolute Gasteiger partial charge is 0.253 e. The molecule has 0 saturated heterocycles. The number of hydrogen-bond donors (Lipinski definition) is 2. The second-order valence-electron chi connectivity index (χ2n) is 3.95. The van der Waals surface area contributed by atoms with Crippen molar-refractivity contribution in [2.24, 2.45) is 0 Å². The third-order valence-electron chi connectivity index (χ3n) is 2.70. The van der Waals surface area contributed by atoms with Gasteiger partial charge in [-0.05, 0) is 19.9 Å². The van der Waals surface area contributed by atoms with Crippen molar-refractivity contribution in [1.82, 2.24) is 15.5 Å². The third kappa shape index (κ3) is 2.32. The van der Waals surface area contributed by atoms with E-state index in [-0.39, 0.29) is 5.91 Å². The van der Waals surface area contributed by atoms with E-state index in [2.05, 4.69) is 15.5 Å². The maximum absolute atomic E-state index is 11.9. The number of nitrogens with two attached hydrogens (primary N) is 1. The summed E-state index contributed by atoms with van der Waals surface area (Å²) in [4.78, 5) is 15.7. The zero-order valence-electron chi connectivity index (χ0n) is 10.2. The number of pyridine rings is 1. The maximum Gasteiger partial charge on any atom is 0.253 e. The average molecular weight is 246 g/mol. The Bertz CT molecular complexity index is 558. The molecule has 2 rings (SSSR count). The molecule has 6 nitrogen and oxygen atoms in total. The second-order valence-corrected chi connectivity index (χ2v) is 3.95. The first-order valence-electron chi connectivity index (χ1n) is 5.49. The van der Waals surface area contributed by atoms with E-state index in [0.29, 0.717) is 23.6 Å². The summed E-state index contributed by atoms with van der Waals surface area (Å²) >= 11 is 0. The van der Waals surface area contributed by atoms with Crippen LogP contribution in [0.4, 0.5) is 5.69 Å². The van der Waals surface area contributed by atoms with Crippen LogP contribution in [0.5, 0.6) is 0 Å². The fraction of sp³-hybridized carbons (Fsp3) is 0.250. The van der Waals surface area contributed by atoms with Crippen molar-refractivity contribution in [1.29, 1.82) is 0 Å². The van der Waals surface area contributed by atoms with Gasteiger partial charge in [-0.3, -0.25) is 9.78 Å². The Morgan fingerprint density at radius 3 is 2.89 bits per heavy atom. The first-order valence-corrected chi connectivity index (χ1v) is 5.49. The minimum absolute atomic E-state index is 0.241. The number of rotatable bonds is 3. The third-order valence-corrected chi connectivity index (χ3v) is 2.70. The summed E-state index contributed by atoms with van der Waals surface area (Å²) in [6, 6.07) is 1.58. The molecule has 0 spiro atoms. The second kappa shape index (κ2) is 4.87. The highest BCUT2D eigenvalue weighted by atomic mass is 16.5. The molecule has 0 unspecified atom stereocenters. The Labute approximate surface area is 104 Å². The molecule has 0 aliphatic heterocycles. The van der Waals surface area contributed by atoms with Crippen molar-refractivity contribution >= 4 is 11.6 Å². The number of aryl methyl sites for hydroxylation is 2. The van der Waals surface area contributed by atoms with E-state index < -0.39 is 0 Å². The van der Waals surface area contributed by atoms with Gasteiger partial charge in [0.1, 0.15) is 5.76 Å². The van der Waals surface area contributed by atoms with Gasteiger partial charge in [-0.15, -0.1) is 0 Å². The van der Waals surface area contributed by atoms with E-state index in [1.807, 2.05) is 13.8 Å². The van der Waals surface area contributed by atoms with Crippen molar-refractivity contribution in [2.45, 2.75) is 20.4 Å². The predicted molar refractivity (Wildman–Crippen MR) is 65.8 cm³/mol. The lowest BCUT2D eigenvalue weighted by atomic mass is 10.2. The van der Waals surface area contributed by atoms with E-state index in [0.717, 1.165) is 11.3 Å². The summed E-state index contributed by atoms with van der Waals surface area (Å²) in [6.45, 7) is 4.00. The molecule has 0 atom stereocenters. The molecule has 0 saturated carbocycles. The molecule has 6 heteroatoms. The van der Waals surface area contributed by atoms with Gasteiger partial charge in [-0.2, -0.15) is 0 Å². The summed E-state index contributed by atoms with van der Waals surface area (Å²) < 4.78 is 5.02. The van der Waals surface area contributed by atoms with Crippen molar-refractivity contribution in [3.63, 3.8) is 0 Å². The van der Waals surface area contributed by atoms with Gasteiger partial charge in [0.05, 0.1) is 23.1 Å². The molecule has 2 aromatic rings. The van der Waals surface area contributed by atoms with Gasteiger partial charge in [0.25, 0.3) is 5.91 Å². The number of aromatic nitrogens is 2. The number of hydrogen-bond acceptors (Lipinski definition) is 5. The summed E-state index contributed by atoms with van der Waals surface area (Å²) in [6.07, 6.45) is 2.98. The number of nitrogens with one attached hydrogen (secondary N) is 1. The monoisotopic (exact) mass is 246 g/mol. The van der Waals surface area contributed by atoms with E-state index in [1.165, 1.54) is 12.4 Å². The van der Waals surface area contributed by atoms with Crippen LogP contribution in [0.1, 0.15) is 27.4 Å². The number of nitrogen functional groups attached to an aromatic ring is 1. The van der Waals surface area contributed by atoms with E-state index in [9.17, 15) is 4.79 Å². The topological polar surface area (TPSA) is 94.0 Å². The van der Waals surface area contributed by atoms with Crippen molar-refractivity contribution < 1.29 is 9.32 Å². The van der Waals surface area contributed by atoms with Crippen LogP contribution < -0.4 is 11.1 Å². The summed E-state index contributed by atoms with van der Waals surface area (Å²) in [7, 11) is 0. The first-order chi connectivity index (χ1) is 8.59.